The second-order valence-corrected chi connectivity index (χ2v) is 7.45. The Labute approximate surface area is 160 Å². The van der Waals surface area contributed by atoms with Gasteiger partial charge in [-0.3, -0.25) is 9.59 Å². The molecule has 7 heteroatoms. The molecule has 3 rings (SSSR count). The molecule has 1 heterocycles. The van der Waals surface area contributed by atoms with Gasteiger partial charge in [0.05, 0.1) is 12.6 Å². The number of nitrogens with two attached hydrogens (primary N) is 1. The number of ether oxygens (including phenoxy) is 1. The topological polar surface area (TPSA) is 84.7 Å². The average molecular weight is 382 g/mol. The number of halogens is 1. The minimum Gasteiger partial charge on any atom is -0.378 e. The van der Waals surface area contributed by atoms with E-state index in [-0.39, 0.29) is 36.9 Å². The number of amides is 2. The van der Waals surface area contributed by atoms with Crippen LogP contribution in [0.15, 0.2) is 24.3 Å². The zero-order valence-electron chi connectivity index (χ0n) is 15.6. The van der Waals surface area contributed by atoms with Crippen LogP contribution in [0.1, 0.15) is 32.8 Å². The normalized spacial score (nSPS) is 25.7. The van der Waals surface area contributed by atoms with Gasteiger partial charge in [-0.25, -0.2) is 0 Å². The number of benzene rings is 1. The van der Waals surface area contributed by atoms with E-state index in [1.807, 2.05) is 45.0 Å². The van der Waals surface area contributed by atoms with E-state index in [2.05, 4.69) is 5.32 Å². The van der Waals surface area contributed by atoms with Gasteiger partial charge in [0.25, 0.3) is 0 Å². The number of hydrogen-bond donors (Lipinski definition) is 2. The monoisotopic (exact) mass is 381 g/mol. The fraction of sp³-hybridized carbons (Fsp3) is 0.579. The second kappa shape index (κ2) is 7.55. The lowest BCUT2D eigenvalue weighted by atomic mass is 9.54. The van der Waals surface area contributed by atoms with Crippen molar-refractivity contribution in [2.24, 2.45) is 11.1 Å². The molecular formula is C19H28ClN3O3. The van der Waals surface area contributed by atoms with Crippen molar-refractivity contribution < 1.29 is 14.3 Å². The van der Waals surface area contributed by atoms with Crippen molar-refractivity contribution in [3.63, 3.8) is 0 Å². The second-order valence-electron chi connectivity index (χ2n) is 7.45. The van der Waals surface area contributed by atoms with Gasteiger partial charge >= 0.3 is 0 Å². The van der Waals surface area contributed by atoms with Crippen molar-refractivity contribution >= 4 is 29.9 Å². The minimum atomic E-state index is -1.00. The molecule has 0 saturated heterocycles. The Hall–Kier alpha value is -1.63. The Morgan fingerprint density at radius 1 is 1.35 bits per heavy atom. The predicted molar refractivity (Wildman–Crippen MR) is 103 cm³/mol. The quantitative estimate of drug-likeness (QED) is 0.812. The third-order valence-electron chi connectivity index (χ3n) is 5.82. The third-order valence-corrected chi connectivity index (χ3v) is 5.82. The van der Waals surface area contributed by atoms with Gasteiger partial charge in [0.15, 0.2) is 0 Å². The van der Waals surface area contributed by atoms with E-state index >= 15 is 0 Å². The van der Waals surface area contributed by atoms with E-state index in [1.54, 1.807) is 4.90 Å². The summed E-state index contributed by atoms with van der Waals surface area (Å²) in [5.74, 6) is -0.394. The molecule has 144 valence electrons. The maximum absolute atomic E-state index is 12.6. The predicted octanol–water partition coefficient (Wildman–Crippen LogP) is 1.65. The molecule has 2 amide bonds. The summed E-state index contributed by atoms with van der Waals surface area (Å²) >= 11 is 0. The van der Waals surface area contributed by atoms with Crippen molar-refractivity contribution in [2.75, 3.05) is 24.6 Å². The highest BCUT2D eigenvalue weighted by Gasteiger charge is 2.62. The number of para-hydroxylation sites is 1. The number of anilines is 1. The SMILES string of the molecule is CCOC1CC(N)(C(=O)NCC(=O)N2CCc3ccccc32)C1(C)C.Cl. The molecule has 26 heavy (non-hydrogen) atoms. The van der Waals surface area contributed by atoms with Crippen LogP contribution < -0.4 is 16.0 Å². The number of fused-ring (bicyclic) bond motifs is 1. The molecule has 3 N–H and O–H groups in total. The highest BCUT2D eigenvalue weighted by Crippen LogP contribution is 2.49. The molecular weight excluding hydrogens is 354 g/mol. The van der Waals surface area contributed by atoms with Crippen LogP contribution >= 0.6 is 12.4 Å². The first-order valence-corrected chi connectivity index (χ1v) is 8.88. The van der Waals surface area contributed by atoms with E-state index in [0.29, 0.717) is 19.6 Å². The lowest BCUT2D eigenvalue weighted by molar-refractivity contribution is -0.170. The minimum absolute atomic E-state index is 0. The number of rotatable bonds is 5. The van der Waals surface area contributed by atoms with Crippen LogP contribution in [0, 0.1) is 5.41 Å². The molecule has 2 aliphatic rings. The fourth-order valence-corrected chi connectivity index (χ4v) is 3.83. The molecule has 0 spiro atoms. The van der Waals surface area contributed by atoms with E-state index < -0.39 is 11.0 Å². The first-order chi connectivity index (χ1) is 11.8. The van der Waals surface area contributed by atoms with Gasteiger partial charge in [-0.1, -0.05) is 32.0 Å². The van der Waals surface area contributed by atoms with Crippen LogP contribution in [0.3, 0.4) is 0 Å². The highest BCUT2D eigenvalue weighted by atomic mass is 35.5. The fourth-order valence-electron chi connectivity index (χ4n) is 3.83. The molecule has 2 unspecified atom stereocenters. The summed E-state index contributed by atoms with van der Waals surface area (Å²) in [6, 6.07) is 7.86. The van der Waals surface area contributed by atoms with E-state index in [0.717, 1.165) is 17.7 Å². The average Bonchev–Trinajstić information content (AvgIpc) is 3.03. The standard InChI is InChI=1S/C19H27N3O3.ClH/c1-4-25-15-11-19(20,18(15,2)3)17(24)21-12-16(23)22-10-9-13-7-5-6-8-14(13)22;/h5-8,15H,4,9-12,20H2,1-3H3,(H,21,24);1H. The van der Waals surface area contributed by atoms with Gasteiger partial charge in [-0.15, -0.1) is 12.4 Å². The molecule has 0 bridgehead atoms. The zero-order valence-corrected chi connectivity index (χ0v) is 16.4. The van der Waals surface area contributed by atoms with Crippen LogP contribution in [0.25, 0.3) is 0 Å². The molecule has 1 saturated carbocycles. The molecule has 1 aromatic carbocycles. The number of hydrogen-bond acceptors (Lipinski definition) is 4. The first-order valence-electron chi connectivity index (χ1n) is 8.88. The molecule has 1 fully saturated rings. The van der Waals surface area contributed by atoms with E-state index in [9.17, 15) is 9.59 Å². The van der Waals surface area contributed by atoms with Crippen LogP contribution in [-0.4, -0.2) is 43.2 Å². The van der Waals surface area contributed by atoms with Crippen molar-refractivity contribution in [2.45, 2.75) is 45.3 Å². The Morgan fingerprint density at radius 2 is 2.04 bits per heavy atom. The van der Waals surface area contributed by atoms with Crippen molar-refractivity contribution in [3.8, 4) is 0 Å². The molecule has 0 radical (unpaired) electrons. The Bertz CT molecular complexity index is 694. The van der Waals surface area contributed by atoms with Gasteiger partial charge in [0, 0.05) is 30.7 Å². The summed E-state index contributed by atoms with van der Waals surface area (Å²) in [5.41, 5.74) is 6.98. The number of carbonyl (C=O) groups is 2. The van der Waals surface area contributed by atoms with E-state index in [4.69, 9.17) is 10.5 Å². The Morgan fingerprint density at radius 3 is 2.69 bits per heavy atom. The first kappa shape index (κ1) is 20.7. The van der Waals surface area contributed by atoms with Crippen LogP contribution in [-0.2, 0) is 20.7 Å². The lowest BCUT2D eigenvalue weighted by Crippen LogP contribution is -2.76. The molecule has 1 aliphatic heterocycles. The zero-order chi connectivity index (χ0) is 18.2. The summed E-state index contributed by atoms with van der Waals surface area (Å²) in [6.45, 7) is 7.02. The Balaban J connectivity index is 0.00000243. The lowest BCUT2D eigenvalue weighted by Gasteiger charge is -2.57. The largest absolute Gasteiger partial charge is 0.378 e. The molecule has 0 aromatic heterocycles. The van der Waals surface area contributed by atoms with Crippen LogP contribution in [0.4, 0.5) is 5.69 Å². The molecule has 1 aliphatic carbocycles. The van der Waals surface area contributed by atoms with Crippen molar-refractivity contribution in [1.82, 2.24) is 5.32 Å². The maximum atomic E-state index is 12.6. The summed E-state index contributed by atoms with van der Waals surface area (Å²) in [5, 5.41) is 2.74. The van der Waals surface area contributed by atoms with Crippen LogP contribution in [0.5, 0.6) is 0 Å². The summed E-state index contributed by atoms with van der Waals surface area (Å²) < 4.78 is 5.65. The van der Waals surface area contributed by atoms with Crippen LogP contribution in [0.2, 0.25) is 0 Å². The van der Waals surface area contributed by atoms with Gasteiger partial charge in [0.2, 0.25) is 11.8 Å². The number of nitrogens with one attached hydrogen (secondary N) is 1. The third kappa shape index (κ3) is 3.21. The molecule has 6 nitrogen and oxygen atoms in total. The molecule has 1 aromatic rings. The summed E-state index contributed by atoms with van der Waals surface area (Å²) in [4.78, 5) is 26.9. The van der Waals surface area contributed by atoms with E-state index in [1.165, 1.54) is 0 Å². The maximum Gasteiger partial charge on any atom is 0.246 e. The summed E-state index contributed by atoms with van der Waals surface area (Å²) in [6.07, 6.45) is 1.29. The van der Waals surface area contributed by atoms with Crippen molar-refractivity contribution in [1.29, 1.82) is 0 Å². The van der Waals surface area contributed by atoms with Gasteiger partial charge in [0.1, 0.15) is 5.54 Å². The van der Waals surface area contributed by atoms with Crippen molar-refractivity contribution in [3.05, 3.63) is 29.8 Å². The number of nitrogens with zero attached hydrogens (tertiary/aromatic N) is 1. The summed E-state index contributed by atoms with van der Waals surface area (Å²) in [7, 11) is 0. The van der Waals surface area contributed by atoms with Gasteiger partial charge < -0.3 is 20.7 Å². The molecule has 2 atom stereocenters. The number of carbonyl (C=O) groups excluding carboxylic acids is 2. The van der Waals surface area contributed by atoms with Gasteiger partial charge in [-0.2, -0.15) is 0 Å². The highest BCUT2D eigenvalue weighted by molar-refractivity contribution is 5.99. The van der Waals surface area contributed by atoms with Gasteiger partial charge in [-0.05, 0) is 25.0 Å². The smallest absolute Gasteiger partial charge is 0.246 e. The Kier molecular flexibility index (Phi) is 6.00.